The third-order valence-corrected chi connectivity index (χ3v) is 5.87. The third-order valence-electron chi connectivity index (χ3n) is 2.83. The van der Waals surface area contributed by atoms with E-state index in [9.17, 15) is 26.4 Å². The van der Waals surface area contributed by atoms with Gasteiger partial charge in [-0.3, -0.25) is 0 Å². The van der Waals surface area contributed by atoms with Gasteiger partial charge < -0.3 is 9.47 Å². The molecule has 0 amide bonds. The standard InChI is InChI=1S/C14H26N2O8S2/c1-5-25(19,20)15-11(3)9-23-13(17)7-8-14(18)24-10-12(4)16-26(21,22)6-2/h7-8,11-12,15-16H,5-6,9-10H2,1-4H3/b8-7+/t11-,12-/m1/s1. The van der Waals surface area contributed by atoms with E-state index in [0.717, 1.165) is 12.2 Å². The molecular weight excluding hydrogens is 388 g/mol. The molecule has 0 saturated heterocycles. The maximum atomic E-state index is 11.5. The normalized spacial score (nSPS) is 14.8. The molecule has 0 bridgehead atoms. The third kappa shape index (κ3) is 12.0. The first-order valence-corrected chi connectivity index (χ1v) is 11.2. The molecule has 0 spiro atoms. The number of sulfonamides is 2. The summed E-state index contributed by atoms with van der Waals surface area (Å²) >= 11 is 0. The summed E-state index contributed by atoms with van der Waals surface area (Å²) < 4.78 is 59.5. The fourth-order valence-electron chi connectivity index (χ4n) is 1.49. The molecule has 0 fully saturated rings. The van der Waals surface area contributed by atoms with Crippen molar-refractivity contribution < 1.29 is 35.9 Å². The van der Waals surface area contributed by atoms with Crippen LogP contribution in [0, 0.1) is 0 Å². The maximum absolute atomic E-state index is 11.5. The molecule has 26 heavy (non-hydrogen) atoms. The van der Waals surface area contributed by atoms with Crippen LogP contribution < -0.4 is 9.44 Å². The highest BCUT2D eigenvalue weighted by atomic mass is 32.2. The second kappa shape index (κ2) is 11.3. The zero-order chi connectivity index (χ0) is 20.4. The summed E-state index contributed by atoms with van der Waals surface area (Å²) in [6.07, 6.45) is 1.68. The number of hydrogen-bond acceptors (Lipinski definition) is 8. The Balaban J connectivity index is 4.22. The van der Waals surface area contributed by atoms with Crippen molar-refractivity contribution in [3.8, 4) is 0 Å². The van der Waals surface area contributed by atoms with Gasteiger partial charge in [0, 0.05) is 12.2 Å². The average Bonchev–Trinajstić information content (AvgIpc) is 2.55. The highest BCUT2D eigenvalue weighted by molar-refractivity contribution is 7.89. The van der Waals surface area contributed by atoms with Gasteiger partial charge in [-0.2, -0.15) is 0 Å². The number of carbonyl (C=O) groups is 2. The first-order valence-electron chi connectivity index (χ1n) is 7.92. The Hall–Kier alpha value is -1.50. The zero-order valence-electron chi connectivity index (χ0n) is 15.2. The maximum Gasteiger partial charge on any atom is 0.331 e. The van der Waals surface area contributed by atoms with Crippen LogP contribution in [0.5, 0.6) is 0 Å². The van der Waals surface area contributed by atoms with Crippen molar-refractivity contribution in [3.63, 3.8) is 0 Å². The molecule has 0 aliphatic heterocycles. The van der Waals surface area contributed by atoms with Gasteiger partial charge >= 0.3 is 11.9 Å². The van der Waals surface area contributed by atoms with Crippen molar-refractivity contribution in [2.24, 2.45) is 0 Å². The number of carbonyl (C=O) groups excluding carboxylic acids is 2. The number of hydrogen-bond donors (Lipinski definition) is 2. The fraction of sp³-hybridized carbons (Fsp3) is 0.714. The molecule has 152 valence electrons. The second-order valence-electron chi connectivity index (χ2n) is 5.44. The Morgan fingerprint density at radius 3 is 1.38 bits per heavy atom. The average molecular weight is 415 g/mol. The Morgan fingerprint density at radius 1 is 0.808 bits per heavy atom. The van der Waals surface area contributed by atoms with Crippen LogP contribution in [0.4, 0.5) is 0 Å². The lowest BCUT2D eigenvalue weighted by Crippen LogP contribution is -2.37. The van der Waals surface area contributed by atoms with Crippen molar-refractivity contribution in [2.45, 2.75) is 39.8 Å². The molecule has 12 heteroatoms. The molecule has 0 unspecified atom stereocenters. The Kier molecular flexibility index (Phi) is 10.6. The van der Waals surface area contributed by atoms with E-state index in [1.807, 2.05) is 0 Å². The molecule has 0 saturated carbocycles. The largest absolute Gasteiger partial charge is 0.461 e. The molecule has 0 heterocycles. The van der Waals surface area contributed by atoms with Gasteiger partial charge in [0.2, 0.25) is 20.0 Å². The van der Waals surface area contributed by atoms with E-state index in [4.69, 9.17) is 9.47 Å². The summed E-state index contributed by atoms with van der Waals surface area (Å²) in [7, 11) is -6.81. The van der Waals surface area contributed by atoms with Crippen molar-refractivity contribution in [1.29, 1.82) is 0 Å². The minimum atomic E-state index is -3.41. The van der Waals surface area contributed by atoms with E-state index in [0.29, 0.717) is 0 Å². The van der Waals surface area contributed by atoms with Crippen LogP contribution in [0.3, 0.4) is 0 Å². The molecule has 10 nitrogen and oxygen atoms in total. The minimum absolute atomic E-state index is 0.0934. The van der Waals surface area contributed by atoms with E-state index in [-0.39, 0.29) is 24.7 Å². The number of rotatable bonds is 12. The quantitative estimate of drug-likeness (QED) is 0.314. The highest BCUT2D eigenvalue weighted by Crippen LogP contribution is 1.94. The molecule has 0 aromatic rings. The monoisotopic (exact) mass is 414 g/mol. The smallest absolute Gasteiger partial charge is 0.331 e. The van der Waals surface area contributed by atoms with Crippen LogP contribution in [0.2, 0.25) is 0 Å². The summed E-state index contributed by atoms with van der Waals surface area (Å²) in [6.45, 7) is 5.60. The lowest BCUT2D eigenvalue weighted by molar-refractivity contribution is -0.141. The zero-order valence-corrected chi connectivity index (χ0v) is 16.9. The van der Waals surface area contributed by atoms with Gasteiger partial charge in [-0.05, 0) is 27.7 Å². The summed E-state index contributed by atoms with van der Waals surface area (Å²) in [6, 6.07) is -1.23. The number of ether oxygens (including phenoxy) is 2. The highest BCUT2D eigenvalue weighted by Gasteiger charge is 2.14. The number of esters is 2. The van der Waals surface area contributed by atoms with Crippen LogP contribution in [0.1, 0.15) is 27.7 Å². The van der Waals surface area contributed by atoms with E-state index in [1.165, 1.54) is 27.7 Å². The second-order valence-corrected chi connectivity index (χ2v) is 9.52. The molecule has 0 radical (unpaired) electrons. The van der Waals surface area contributed by atoms with Crippen molar-refractivity contribution >= 4 is 32.0 Å². The van der Waals surface area contributed by atoms with Gasteiger partial charge in [0.05, 0.1) is 23.6 Å². The van der Waals surface area contributed by atoms with E-state index < -0.39 is 44.1 Å². The lowest BCUT2D eigenvalue weighted by Gasteiger charge is -2.13. The summed E-state index contributed by atoms with van der Waals surface area (Å²) in [5.41, 5.74) is 0. The first-order chi connectivity index (χ1) is 11.9. The van der Waals surface area contributed by atoms with Gasteiger partial charge in [-0.25, -0.2) is 35.9 Å². The number of nitrogens with one attached hydrogen (secondary N) is 2. The van der Waals surface area contributed by atoms with Gasteiger partial charge in [0.15, 0.2) is 0 Å². The van der Waals surface area contributed by atoms with Crippen LogP contribution in [-0.2, 0) is 39.1 Å². The molecule has 0 aliphatic carbocycles. The Labute approximate surface area is 154 Å². The van der Waals surface area contributed by atoms with Gasteiger partial charge in [-0.15, -0.1) is 0 Å². The summed E-state index contributed by atoms with van der Waals surface area (Å²) in [5.74, 6) is -1.87. The van der Waals surface area contributed by atoms with Crippen LogP contribution in [-0.4, -0.2) is 65.6 Å². The summed E-state index contributed by atoms with van der Waals surface area (Å²) in [5, 5.41) is 0. The van der Waals surface area contributed by atoms with Gasteiger partial charge in [-0.1, -0.05) is 0 Å². The van der Waals surface area contributed by atoms with Crippen LogP contribution >= 0.6 is 0 Å². The molecule has 0 aromatic carbocycles. The predicted molar refractivity (Wildman–Crippen MR) is 95.2 cm³/mol. The summed E-state index contributed by atoms with van der Waals surface area (Å²) in [4.78, 5) is 22.9. The lowest BCUT2D eigenvalue weighted by atomic mass is 10.4. The van der Waals surface area contributed by atoms with Gasteiger partial charge in [0.25, 0.3) is 0 Å². The van der Waals surface area contributed by atoms with Crippen molar-refractivity contribution in [3.05, 3.63) is 12.2 Å². The fourth-order valence-corrected chi connectivity index (χ4v) is 3.19. The van der Waals surface area contributed by atoms with Crippen molar-refractivity contribution in [2.75, 3.05) is 24.7 Å². The van der Waals surface area contributed by atoms with Crippen molar-refractivity contribution in [1.82, 2.24) is 9.44 Å². The van der Waals surface area contributed by atoms with E-state index in [1.54, 1.807) is 0 Å². The Morgan fingerprint density at radius 2 is 1.12 bits per heavy atom. The SMILES string of the molecule is CCS(=O)(=O)N[C@H](C)COC(=O)/C=C/C(=O)OC[C@@H](C)NS(=O)(=O)CC. The molecule has 2 atom stereocenters. The van der Waals surface area contributed by atoms with Gasteiger partial charge in [0.1, 0.15) is 13.2 Å². The topological polar surface area (TPSA) is 145 Å². The molecule has 0 aromatic heterocycles. The van der Waals surface area contributed by atoms with Crippen LogP contribution in [0.25, 0.3) is 0 Å². The molecule has 2 N–H and O–H groups in total. The predicted octanol–water partition coefficient (Wildman–Crippen LogP) is -0.715. The molecular formula is C14H26N2O8S2. The Bertz CT molecular complexity index is 640. The minimum Gasteiger partial charge on any atom is -0.461 e. The molecule has 0 rings (SSSR count). The van der Waals surface area contributed by atoms with Crippen LogP contribution in [0.15, 0.2) is 12.2 Å². The first kappa shape index (κ1) is 24.5. The van der Waals surface area contributed by atoms with E-state index >= 15 is 0 Å². The van der Waals surface area contributed by atoms with E-state index in [2.05, 4.69) is 9.44 Å². The molecule has 0 aliphatic rings.